The maximum absolute atomic E-state index is 13.0. The molecule has 2 aliphatic rings. The second-order valence-electron chi connectivity index (χ2n) is 7.38. The Hall–Kier alpha value is -3.09. The summed E-state index contributed by atoms with van der Waals surface area (Å²) in [6.45, 7) is 4.22. The van der Waals surface area contributed by atoms with Gasteiger partial charge in [0.2, 0.25) is 0 Å². The third-order valence-electron chi connectivity index (χ3n) is 5.61. The number of carbonyl (C=O) groups is 2. The Morgan fingerprint density at radius 3 is 2.31 bits per heavy atom. The number of pyridine rings is 1. The molecule has 0 radical (unpaired) electrons. The predicted octanol–water partition coefficient (Wildman–Crippen LogP) is 2.29. The van der Waals surface area contributed by atoms with Crippen LogP contribution >= 0.6 is 0 Å². The van der Waals surface area contributed by atoms with Crippen molar-refractivity contribution in [2.45, 2.75) is 12.8 Å². The van der Waals surface area contributed by atoms with E-state index in [1.807, 2.05) is 29.2 Å². The lowest BCUT2D eigenvalue weighted by molar-refractivity contribution is 0.0740. The number of anilines is 1. The minimum Gasteiger partial charge on any atom is -0.495 e. The number of likely N-dealkylation sites (tertiary alicyclic amines) is 1. The Kier molecular flexibility index (Phi) is 5.64. The highest BCUT2D eigenvalue weighted by Crippen LogP contribution is 2.28. The third-order valence-corrected chi connectivity index (χ3v) is 5.61. The van der Waals surface area contributed by atoms with Gasteiger partial charge in [0.05, 0.1) is 12.8 Å². The molecule has 0 aliphatic carbocycles. The molecule has 0 bridgehead atoms. The van der Waals surface area contributed by atoms with Crippen molar-refractivity contribution in [3.05, 3.63) is 53.9 Å². The third kappa shape index (κ3) is 4.04. The number of rotatable bonds is 4. The Bertz CT molecular complexity index is 887. The lowest BCUT2D eigenvalue weighted by Gasteiger charge is -2.36. The smallest absolute Gasteiger partial charge is 0.272 e. The van der Waals surface area contributed by atoms with Crippen LogP contribution in [0.1, 0.15) is 33.7 Å². The first-order valence-corrected chi connectivity index (χ1v) is 10.1. The van der Waals surface area contributed by atoms with E-state index in [9.17, 15) is 9.59 Å². The van der Waals surface area contributed by atoms with Gasteiger partial charge in [0.1, 0.15) is 11.4 Å². The standard InChI is InChI=1S/C22H26N4O3/c1-29-20-7-3-2-6-19(20)24-12-14-26(15-13-24)22(28)18-16-17(8-9-23-18)21(27)25-10-4-5-11-25/h2-3,6-9,16H,4-5,10-15H2,1H3. The van der Waals surface area contributed by atoms with Gasteiger partial charge in [0, 0.05) is 51.0 Å². The molecule has 0 atom stereocenters. The molecule has 2 saturated heterocycles. The topological polar surface area (TPSA) is 66.0 Å². The Morgan fingerprint density at radius 2 is 1.59 bits per heavy atom. The zero-order valence-corrected chi connectivity index (χ0v) is 16.7. The van der Waals surface area contributed by atoms with Crippen molar-refractivity contribution in [3.63, 3.8) is 0 Å². The molecule has 4 rings (SSSR count). The zero-order valence-electron chi connectivity index (χ0n) is 16.7. The minimum atomic E-state index is -0.124. The number of hydrogen-bond acceptors (Lipinski definition) is 5. The van der Waals surface area contributed by atoms with Gasteiger partial charge in [-0.2, -0.15) is 0 Å². The molecular weight excluding hydrogens is 368 g/mol. The molecule has 0 saturated carbocycles. The van der Waals surface area contributed by atoms with E-state index in [0.29, 0.717) is 24.3 Å². The molecule has 0 unspecified atom stereocenters. The molecule has 1 aromatic carbocycles. The van der Waals surface area contributed by atoms with Gasteiger partial charge in [-0.15, -0.1) is 0 Å². The number of piperazine rings is 1. The summed E-state index contributed by atoms with van der Waals surface area (Å²) in [6.07, 6.45) is 3.64. The first-order valence-electron chi connectivity index (χ1n) is 10.1. The molecule has 1 aromatic heterocycles. The average molecular weight is 394 g/mol. The van der Waals surface area contributed by atoms with Crippen LogP contribution in [0.25, 0.3) is 0 Å². The Balaban J connectivity index is 1.42. The van der Waals surface area contributed by atoms with E-state index < -0.39 is 0 Å². The van der Waals surface area contributed by atoms with E-state index in [4.69, 9.17) is 4.74 Å². The highest BCUT2D eigenvalue weighted by atomic mass is 16.5. The van der Waals surface area contributed by atoms with Crippen LogP contribution in [-0.4, -0.2) is 73.0 Å². The van der Waals surface area contributed by atoms with Crippen molar-refractivity contribution in [3.8, 4) is 5.75 Å². The first-order chi connectivity index (χ1) is 14.2. The highest BCUT2D eigenvalue weighted by molar-refractivity contribution is 5.98. The Labute approximate surface area is 170 Å². The van der Waals surface area contributed by atoms with Gasteiger partial charge in [0.25, 0.3) is 11.8 Å². The fourth-order valence-electron chi connectivity index (χ4n) is 3.99. The summed E-state index contributed by atoms with van der Waals surface area (Å²) in [7, 11) is 1.67. The summed E-state index contributed by atoms with van der Waals surface area (Å²) in [5.41, 5.74) is 1.91. The molecule has 2 amide bonds. The number of para-hydroxylation sites is 2. The summed E-state index contributed by atoms with van der Waals surface area (Å²) in [5, 5.41) is 0. The molecule has 2 aromatic rings. The van der Waals surface area contributed by atoms with Crippen LogP contribution in [0.4, 0.5) is 5.69 Å². The number of carbonyl (C=O) groups excluding carboxylic acids is 2. The second kappa shape index (κ2) is 8.51. The van der Waals surface area contributed by atoms with Gasteiger partial charge in [0.15, 0.2) is 0 Å². The van der Waals surface area contributed by atoms with E-state index in [1.54, 1.807) is 30.3 Å². The fourth-order valence-corrected chi connectivity index (χ4v) is 3.99. The van der Waals surface area contributed by atoms with Crippen LogP contribution in [0.5, 0.6) is 5.75 Å². The molecule has 2 fully saturated rings. The van der Waals surface area contributed by atoms with Crippen LogP contribution in [0, 0.1) is 0 Å². The molecular formula is C22H26N4O3. The van der Waals surface area contributed by atoms with Crippen molar-refractivity contribution in [1.82, 2.24) is 14.8 Å². The number of aromatic nitrogens is 1. The normalized spacial score (nSPS) is 16.8. The highest BCUT2D eigenvalue weighted by Gasteiger charge is 2.26. The van der Waals surface area contributed by atoms with Gasteiger partial charge < -0.3 is 19.4 Å². The molecule has 2 aliphatic heterocycles. The molecule has 0 N–H and O–H groups in total. The summed E-state index contributed by atoms with van der Waals surface area (Å²) in [6, 6.07) is 11.2. The van der Waals surface area contributed by atoms with Crippen molar-refractivity contribution in [2.24, 2.45) is 0 Å². The summed E-state index contributed by atoms with van der Waals surface area (Å²) in [5.74, 6) is 0.697. The number of amides is 2. The molecule has 3 heterocycles. The summed E-state index contributed by atoms with van der Waals surface area (Å²) < 4.78 is 5.45. The quantitative estimate of drug-likeness (QED) is 0.796. The van der Waals surface area contributed by atoms with E-state index in [1.165, 1.54) is 0 Å². The van der Waals surface area contributed by atoms with Crippen LogP contribution < -0.4 is 9.64 Å². The monoisotopic (exact) mass is 394 g/mol. The molecule has 152 valence electrons. The van der Waals surface area contributed by atoms with E-state index in [0.717, 1.165) is 50.5 Å². The van der Waals surface area contributed by atoms with Gasteiger partial charge in [-0.3, -0.25) is 14.6 Å². The summed E-state index contributed by atoms with van der Waals surface area (Å²) in [4.78, 5) is 35.7. The lowest BCUT2D eigenvalue weighted by Crippen LogP contribution is -2.49. The zero-order chi connectivity index (χ0) is 20.2. The number of ether oxygens (including phenoxy) is 1. The maximum Gasteiger partial charge on any atom is 0.272 e. The average Bonchev–Trinajstić information content (AvgIpc) is 3.33. The number of hydrogen-bond donors (Lipinski definition) is 0. The fraction of sp³-hybridized carbons (Fsp3) is 0.409. The SMILES string of the molecule is COc1ccccc1N1CCN(C(=O)c2cc(C(=O)N3CCCC3)ccn2)CC1. The van der Waals surface area contributed by atoms with Crippen LogP contribution in [0.2, 0.25) is 0 Å². The van der Waals surface area contributed by atoms with Gasteiger partial charge >= 0.3 is 0 Å². The van der Waals surface area contributed by atoms with Crippen LogP contribution in [0.15, 0.2) is 42.6 Å². The first kappa shape index (κ1) is 19.2. The molecule has 0 spiro atoms. The molecule has 7 heteroatoms. The second-order valence-corrected chi connectivity index (χ2v) is 7.38. The largest absolute Gasteiger partial charge is 0.495 e. The van der Waals surface area contributed by atoms with E-state index in [-0.39, 0.29) is 11.8 Å². The number of benzene rings is 1. The lowest BCUT2D eigenvalue weighted by atomic mass is 10.1. The van der Waals surface area contributed by atoms with Crippen molar-refractivity contribution < 1.29 is 14.3 Å². The van der Waals surface area contributed by atoms with Gasteiger partial charge in [-0.1, -0.05) is 12.1 Å². The number of nitrogens with zero attached hydrogens (tertiary/aromatic N) is 4. The number of methoxy groups -OCH3 is 1. The van der Waals surface area contributed by atoms with Gasteiger partial charge in [-0.05, 0) is 37.1 Å². The molecule has 7 nitrogen and oxygen atoms in total. The van der Waals surface area contributed by atoms with Crippen LogP contribution in [0.3, 0.4) is 0 Å². The van der Waals surface area contributed by atoms with Crippen LogP contribution in [-0.2, 0) is 0 Å². The Morgan fingerprint density at radius 1 is 0.897 bits per heavy atom. The predicted molar refractivity (Wildman–Crippen MR) is 110 cm³/mol. The van der Waals surface area contributed by atoms with E-state index >= 15 is 0 Å². The maximum atomic E-state index is 13.0. The van der Waals surface area contributed by atoms with Crippen molar-refractivity contribution in [2.75, 3.05) is 51.3 Å². The van der Waals surface area contributed by atoms with Crippen molar-refractivity contribution in [1.29, 1.82) is 0 Å². The van der Waals surface area contributed by atoms with E-state index in [2.05, 4.69) is 9.88 Å². The molecule has 29 heavy (non-hydrogen) atoms. The minimum absolute atomic E-state index is 0.0139. The van der Waals surface area contributed by atoms with Crippen molar-refractivity contribution >= 4 is 17.5 Å². The van der Waals surface area contributed by atoms with Gasteiger partial charge in [-0.25, -0.2) is 0 Å². The summed E-state index contributed by atoms with van der Waals surface area (Å²) >= 11 is 0.